The molecule has 0 aromatic rings. The van der Waals surface area contributed by atoms with Crippen molar-refractivity contribution in [1.29, 1.82) is 0 Å². The lowest BCUT2D eigenvalue weighted by atomic mass is 9.88. The van der Waals surface area contributed by atoms with Crippen molar-refractivity contribution in [3.63, 3.8) is 0 Å². The lowest BCUT2D eigenvalue weighted by molar-refractivity contribution is -0.435. The molecule has 1 unspecified atom stereocenters. The maximum Gasteiger partial charge on any atom is 0.224 e. The molecule has 0 aliphatic carbocycles. The smallest absolute Gasteiger partial charge is 0.224 e. The van der Waals surface area contributed by atoms with Gasteiger partial charge in [-0.1, -0.05) is 39.0 Å². The van der Waals surface area contributed by atoms with Crippen molar-refractivity contribution in [2.75, 3.05) is 19.8 Å². The Hall–Kier alpha value is -0.440. The molecule has 184 valence electrons. The van der Waals surface area contributed by atoms with Crippen molar-refractivity contribution in [3.05, 3.63) is 0 Å². The third-order valence-electron chi connectivity index (χ3n) is 6.17. The molecule has 2 fully saturated rings. The highest BCUT2D eigenvalue weighted by Gasteiger charge is 2.63. The Morgan fingerprint density at radius 3 is 1.74 bits per heavy atom. The van der Waals surface area contributed by atoms with Gasteiger partial charge in [0.1, 0.15) is 49.3 Å². The van der Waals surface area contributed by atoms with E-state index in [4.69, 9.17) is 14.2 Å². The van der Waals surface area contributed by atoms with E-state index in [0.29, 0.717) is 6.42 Å². The van der Waals surface area contributed by atoms with Gasteiger partial charge in [-0.05, 0) is 6.42 Å². The summed E-state index contributed by atoms with van der Waals surface area (Å²) in [5.41, 5.74) is 0. The molecule has 0 spiro atoms. The summed E-state index contributed by atoms with van der Waals surface area (Å²) >= 11 is 0. The van der Waals surface area contributed by atoms with E-state index < -0.39 is 74.1 Å². The Morgan fingerprint density at radius 2 is 1.19 bits per heavy atom. The normalized spacial score (nSPS) is 43.5. The third-order valence-corrected chi connectivity index (χ3v) is 6.17. The minimum absolute atomic E-state index is 0.0156. The van der Waals surface area contributed by atoms with Gasteiger partial charge < -0.3 is 55.1 Å². The molecule has 0 amide bonds. The van der Waals surface area contributed by atoms with Crippen molar-refractivity contribution in [2.45, 2.75) is 106 Å². The average Bonchev–Trinajstić information content (AvgIpc) is 3.02. The van der Waals surface area contributed by atoms with Crippen LogP contribution in [0.3, 0.4) is 0 Å². The standard InChI is InChI=1S/C20H38O11/c1-2-3-4-5-6-7-8-19(18(28)16(26)14(24)12(9-21)29-19)31-20(11-23)17(27)15(25)13(10-22)30-20/h12-18,21-28H,2-11H2,1H3/t12-,13-,14-,15-,16+,17+,18-,19+,20?/m1/s1. The summed E-state index contributed by atoms with van der Waals surface area (Å²) in [5, 5.41) is 80.8. The van der Waals surface area contributed by atoms with Crippen LogP contribution in [0.25, 0.3) is 0 Å². The molecule has 31 heavy (non-hydrogen) atoms. The molecule has 2 rings (SSSR count). The Balaban J connectivity index is 2.28. The molecule has 0 aromatic carbocycles. The molecule has 2 aliphatic heterocycles. The van der Waals surface area contributed by atoms with Gasteiger partial charge in [0.25, 0.3) is 0 Å². The molecule has 0 saturated carbocycles. The largest absolute Gasteiger partial charge is 0.394 e. The summed E-state index contributed by atoms with van der Waals surface area (Å²) in [4.78, 5) is 0. The lowest BCUT2D eigenvalue weighted by Crippen LogP contribution is -2.69. The van der Waals surface area contributed by atoms with Gasteiger partial charge in [0, 0.05) is 6.42 Å². The van der Waals surface area contributed by atoms with Crippen LogP contribution in [0.2, 0.25) is 0 Å². The highest BCUT2D eigenvalue weighted by Crippen LogP contribution is 2.43. The topological polar surface area (TPSA) is 190 Å². The van der Waals surface area contributed by atoms with Gasteiger partial charge in [-0.15, -0.1) is 0 Å². The van der Waals surface area contributed by atoms with Gasteiger partial charge >= 0.3 is 0 Å². The zero-order chi connectivity index (χ0) is 23.2. The van der Waals surface area contributed by atoms with Crippen LogP contribution >= 0.6 is 0 Å². The van der Waals surface area contributed by atoms with Crippen LogP contribution < -0.4 is 0 Å². The second-order valence-electron chi connectivity index (χ2n) is 8.44. The summed E-state index contributed by atoms with van der Waals surface area (Å²) in [6.45, 7) is -0.230. The number of hydrogen-bond acceptors (Lipinski definition) is 11. The van der Waals surface area contributed by atoms with E-state index in [1.807, 2.05) is 0 Å². The van der Waals surface area contributed by atoms with E-state index in [1.165, 1.54) is 0 Å². The minimum Gasteiger partial charge on any atom is -0.394 e. The van der Waals surface area contributed by atoms with E-state index in [9.17, 15) is 40.9 Å². The molecule has 8 N–H and O–H groups in total. The molecule has 9 atom stereocenters. The first-order valence-corrected chi connectivity index (χ1v) is 11.0. The number of rotatable bonds is 12. The second kappa shape index (κ2) is 11.6. The van der Waals surface area contributed by atoms with Crippen molar-refractivity contribution in [2.24, 2.45) is 0 Å². The monoisotopic (exact) mass is 454 g/mol. The molecular weight excluding hydrogens is 416 g/mol. The van der Waals surface area contributed by atoms with E-state index in [1.54, 1.807) is 0 Å². The van der Waals surface area contributed by atoms with Crippen LogP contribution in [0.4, 0.5) is 0 Å². The van der Waals surface area contributed by atoms with E-state index in [0.717, 1.165) is 32.1 Å². The van der Waals surface area contributed by atoms with Crippen molar-refractivity contribution in [1.82, 2.24) is 0 Å². The predicted molar refractivity (Wildman–Crippen MR) is 106 cm³/mol. The van der Waals surface area contributed by atoms with E-state index in [2.05, 4.69) is 6.92 Å². The van der Waals surface area contributed by atoms with Gasteiger partial charge in [-0.3, -0.25) is 0 Å². The Kier molecular flexibility index (Phi) is 10.0. The molecule has 11 heteroatoms. The zero-order valence-corrected chi connectivity index (χ0v) is 17.9. The lowest BCUT2D eigenvalue weighted by Gasteiger charge is -2.51. The fourth-order valence-electron chi connectivity index (χ4n) is 4.25. The van der Waals surface area contributed by atoms with Crippen LogP contribution in [0.1, 0.15) is 51.9 Å². The van der Waals surface area contributed by atoms with Gasteiger partial charge in [0.2, 0.25) is 11.6 Å². The molecule has 11 nitrogen and oxygen atoms in total. The molecule has 2 saturated heterocycles. The maximum absolute atomic E-state index is 10.8. The molecule has 0 aromatic heterocycles. The fourth-order valence-corrected chi connectivity index (χ4v) is 4.25. The van der Waals surface area contributed by atoms with Crippen LogP contribution in [0.5, 0.6) is 0 Å². The van der Waals surface area contributed by atoms with Crippen LogP contribution in [-0.2, 0) is 14.2 Å². The Morgan fingerprint density at radius 1 is 0.677 bits per heavy atom. The Bertz CT molecular complexity index is 535. The first-order chi connectivity index (χ1) is 14.7. The quantitative estimate of drug-likeness (QED) is 0.148. The van der Waals surface area contributed by atoms with E-state index >= 15 is 0 Å². The number of hydrogen-bond donors (Lipinski definition) is 8. The summed E-state index contributed by atoms with van der Waals surface area (Å²) in [5.74, 6) is -4.33. The van der Waals surface area contributed by atoms with E-state index in [-0.39, 0.29) is 6.42 Å². The van der Waals surface area contributed by atoms with Crippen molar-refractivity contribution < 1.29 is 55.1 Å². The minimum atomic E-state index is -2.27. The number of aliphatic hydroxyl groups excluding tert-OH is 8. The third kappa shape index (κ3) is 5.56. The summed E-state index contributed by atoms with van der Waals surface area (Å²) in [6, 6.07) is 0. The summed E-state index contributed by atoms with van der Waals surface area (Å²) in [7, 11) is 0. The van der Waals surface area contributed by atoms with Gasteiger partial charge in [0.15, 0.2) is 0 Å². The maximum atomic E-state index is 10.8. The summed E-state index contributed by atoms with van der Waals surface area (Å²) in [6.07, 6.45) is -5.89. The molecule has 2 heterocycles. The molecule has 0 bridgehead atoms. The fraction of sp³-hybridized carbons (Fsp3) is 1.00. The van der Waals surface area contributed by atoms with Gasteiger partial charge in [-0.2, -0.15) is 0 Å². The van der Waals surface area contributed by atoms with Crippen molar-refractivity contribution in [3.8, 4) is 0 Å². The number of ether oxygens (including phenoxy) is 3. The molecular formula is C20H38O11. The van der Waals surface area contributed by atoms with Gasteiger partial charge in [-0.25, -0.2) is 0 Å². The van der Waals surface area contributed by atoms with Gasteiger partial charge in [0.05, 0.1) is 13.2 Å². The molecule has 0 radical (unpaired) electrons. The highest BCUT2D eigenvalue weighted by molar-refractivity contribution is 5.02. The molecule has 2 aliphatic rings. The number of unbranched alkanes of at least 4 members (excludes halogenated alkanes) is 5. The van der Waals surface area contributed by atoms with Crippen LogP contribution in [0, 0.1) is 0 Å². The highest BCUT2D eigenvalue weighted by atomic mass is 16.8. The zero-order valence-electron chi connectivity index (χ0n) is 17.9. The average molecular weight is 455 g/mol. The first kappa shape index (κ1) is 26.8. The number of aliphatic hydroxyl groups is 8. The first-order valence-electron chi connectivity index (χ1n) is 11.0. The second-order valence-corrected chi connectivity index (χ2v) is 8.44. The SMILES string of the molecule is CCCCCCCC[C@@]1(OC2(CO)O[C@H](CO)[C@@H](O)[C@@H]2O)O[C@H](CO)[C@@H](O)[C@H](O)[C@H]1O. The van der Waals surface area contributed by atoms with Crippen LogP contribution in [-0.4, -0.2) is 115 Å². The van der Waals surface area contributed by atoms with Crippen molar-refractivity contribution >= 4 is 0 Å². The predicted octanol–water partition coefficient (Wildman–Crippen LogP) is -2.27. The van der Waals surface area contributed by atoms with Crippen LogP contribution in [0.15, 0.2) is 0 Å². The Labute approximate surface area is 181 Å². The summed E-state index contributed by atoms with van der Waals surface area (Å²) < 4.78 is 17.0.